The zero-order chi connectivity index (χ0) is 15.9. The summed E-state index contributed by atoms with van der Waals surface area (Å²) in [6, 6.07) is 14.1. The number of guanidine groups is 1. The molecule has 6 heteroatoms. The van der Waals surface area contributed by atoms with Gasteiger partial charge in [-0.25, -0.2) is 4.99 Å². The van der Waals surface area contributed by atoms with Crippen molar-refractivity contribution in [1.82, 2.24) is 15.6 Å². The smallest absolute Gasteiger partial charge is 0.191 e. The van der Waals surface area contributed by atoms with Crippen LogP contribution in [-0.2, 0) is 13.0 Å². The van der Waals surface area contributed by atoms with Crippen molar-refractivity contribution in [2.24, 2.45) is 4.99 Å². The third-order valence-corrected chi connectivity index (χ3v) is 3.68. The average molecular weight is 438 g/mol. The number of fused-ring (bicyclic) bond motifs is 1. The number of hydrogen-bond acceptors (Lipinski definition) is 3. The lowest BCUT2D eigenvalue weighted by Crippen LogP contribution is -2.42. The van der Waals surface area contributed by atoms with Crippen molar-refractivity contribution >= 4 is 29.9 Å². The number of halogens is 1. The fourth-order valence-corrected chi connectivity index (χ4v) is 2.57. The standard InChI is InChI=1S/C18H22N4O.HI/c1-2-19-18(21-12-15-8-5-6-10-20-15)22-13-16-11-14-7-3-4-9-17(14)23-16;/h3-10,16H,2,11-13H2,1H3,(H2,19,21,22);1H. The second-order valence-corrected chi connectivity index (χ2v) is 5.45. The molecule has 128 valence electrons. The molecule has 1 aromatic carbocycles. The van der Waals surface area contributed by atoms with Crippen molar-refractivity contribution in [3.05, 3.63) is 59.9 Å². The SMILES string of the molecule is CCNC(=NCc1ccccn1)NCC1Cc2ccccc2O1.I. The van der Waals surface area contributed by atoms with E-state index in [4.69, 9.17) is 4.74 Å². The number of para-hydroxylation sites is 1. The largest absolute Gasteiger partial charge is 0.488 e. The number of nitrogens with zero attached hydrogens (tertiary/aromatic N) is 2. The molecule has 0 bridgehead atoms. The van der Waals surface area contributed by atoms with Crippen molar-refractivity contribution in [2.75, 3.05) is 13.1 Å². The fraction of sp³-hybridized carbons (Fsp3) is 0.333. The van der Waals surface area contributed by atoms with Gasteiger partial charge in [0.25, 0.3) is 0 Å². The molecule has 2 N–H and O–H groups in total. The molecule has 1 aliphatic heterocycles. The molecule has 0 amide bonds. The second kappa shape index (κ2) is 9.46. The molecule has 0 saturated heterocycles. The number of aromatic nitrogens is 1. The van der Waals surface area contributed by atoms with E-state index in [-0.39, 0.29) is 30.1 Å². The van der Waals surface area contributed by atoms with Gasteiger partial charge in [-0.15, -0.1) is 24.0 Å². The lowest BCUT2D eigenvalue weighted by Gasteiger charge is -2.15. The quantitative estimate of drug-likeness (QED) is 0.428. The predicted molar refractivity (Wildman–Crippen MR) is 107 cm³/mol. The summed E-state index contributed by atoms with van der Waals surface area (Å²) in [6.07, 6.45) is 2.86. The summed E-state index contributed by atoms with van der Waals surface area (Å²) in [4.78, 5) is 8.86. The van der Waals surface area contributed by atoms with E-state index in [2.05, 4.69) is 39.7 Å². The number of benzene rings is 1. The molecule has 0 saturated carbocycles. The molecule has 2 aromatic rings. The van der Waals surface area contributed by atoms with Crippen LogP contribution in [0.2, 0.25) is 0 Å². The molecule has 1 unspecified atom stereocenters. The van der Waals surface area contributed by atoms with Gasteiger partial charge in [0.15, 0.2) is 5.96 Å². The Bertz CT molecular complexity index is 638. The molecule has 0 aliphatic carbocycles. The van der Waals surface area contributed by atoms with E-state index >= 15 is 0 Å². The van der Waals surface area contributed by atoms with Gasteiger partial charge in [-0.1, -0.05) is 24.3 Å². The molecule has 2 heterocycles. The van der Waals surface area contributed by atoms with E-state index in [1.165, 1.54) is 5.56 Å². The number of rotatable bonds is 5. The van der Waals surface area contributed by atoms with E-state index < -0.39 is 0 Å². The first-order valence-corrected chi connectivity index (χ1v) is 8.02. The van der Waals surface area contributed by atoms with Gasteiger partial charge in [0.2, 0.25) is 0 Å². The predicted octanol–water partition coefficient (Wildman–Crippen LogP) is 2.76. The number of ether oxygens (including phenoxy) is 1. The van der Waals surface area contributed by atoms with Gasteiger partial charge < -0.3 is 15.4 Å². The van der Waals surface area contributed by atoms with Gasteiger partial charge >= 0.3 is 0 Å². The maximum absolute atomic E-state index is 5.94. The summed E-state index contributed by atoms with van der Waals surface area (Å²) in [5.41, 5.74) is 2.23. The van der Waals surface area contributed by atoms with Crippen LogP contribution in [0.25, 0.3) is 0 Å². The molecule has 1 aliphatic rings. The average Bonchev–Trinajstić information content (AvgIpc) is 3.01. The highest BCUT2D eigenvalue weighted by atomic mass is 127. The van der Waals surface area contributed by atoms with Crippen molar-refractivity contribution in [3.8, 4) is 5.75 Å². The summed E-state index contributed by atoms with van der Waals surface area (Å²) in [6.45, 7) is 4.16. The van der Waals surface area contributed by atoms with Gasteiger partial charge in [0, 0.05) is 19.2 Å². The van der Waals surface area contributed by atoms with Crippen LogP contribution in [0.4, 0.5) is 0 Å². The summed E-state index contributed by atoms with van der Waals surface area (Å²) in [7, 11) is 0. The normalized spacial score (nSPS) is 15.9. The number of nitrogens with one attached hydrogen (secondary N) is 2. The van der Waals surface area contributed by atoms with Gasteiger partial charge in [-0.2, -0.15) is 0 Å². The molecule has 1 aromatic heterocycles. The lowest BCUT2D eigenvalue weighted by atomic mass is 10.1. The first-order chi connectivity index (χ1) is 11.3. The van der Waals surface area contributed by atoms with Crippen LogP contribution < -0.4 is 15.4 Å². The van der Waals surface area contributed by atoms with E-state index in [0.717, 1.165) is 36.9 Å². The van der Waals surface area contributed by atoms with E-state index in [0.29, 0.717) is 6.54 Å². The summed E-state index contributed by atoms with van der Waals surface area (Å²) in [5.74, 6) is 1.78. The highest BCUT2D eigenvalue weighted by molar-refractivity contribution is 14.0. The van der Waals surface area contributed by atoms with Crippen molar-refractivity contribution in [1.29, 1.82) is 0 Å². The minimum absolute atomic E-state index is 0. The highest BCUT2D eigenvalue weighted by Crippen LogP contribution is 2.27. The van der Waals surface area contributed by atoms with Crippen LogP contribution in [0.3, 0.4) is 0 Å². The van der Waals surface area contributed by atoms with Crippen LogP contribution in [0.15, 0.2) is 53.7 Å². The number of aliphatic imine (C=N–C) groups is 1. The Morgan fingerprint density at radius 2 is 2.04 bits per heavy atom. The van der Waals surface area contributed by atoms with Crippen LogP contribution in [-0.4, -0.2) is 30.1 Å². The first-order valence-electron chi connectivity index (χ1n) is 8.02. The lowest BCUT2D eigenvalue weighted by molar-refractivity contribution is 0.235. The topological polar surface area (TPSA) is 58.5 Å². The minimum atomic E-state index is 0. The van der Waals surface area contributed by atoms with Gasteiger partial charge in [-0.05, 0) is 30.7 Å². The van der Waals surface area contributed by atoms with Crippen molar-refractivity contribution < 1.29 is 4.74 Å². The zero-order valence-electron chi connectivity index (χ0n) is 13.7. The van der Waals surface area contributed by atoms with Crippen molar-refractivity contribution in [2.45, 2.75) is 26.0 Å². The van der Waals surface area contributed by atoms with Crippen LogP contribution in [0.1, 0.15) is 18.2 Å². The minimum Gasteiger partial charge on any atom is -0.488 e. The summed E-state index contributed by atoms with van der Waals surface area (Å²) >= 11 is 0. The van der Waals surface area contributed by atoms with Gasteiger partial charge in [-0.3, -0.25) is 4.98 Å². The Kier molecular flexibility index (Phi) is 7.30. The summed E-state index contributed by atoms with van der Waals surface area (Å²) < 4.78 is 5.94. The molecule has 0 radical (unpaired) electrons. The Hall–Kier alpha value is -1.83. The van der Waals surface area contributed by atoms with Gasteiger partial charge in [0.05, 0.1) is 18.8 Å². The Balaban J connectivity index is 0.00000208. The van der Waals surface area contributed by atoms with Gasteiger partial charge in [0.1, 0.15) is 11.9 Å². The zero-order valence-corrected chi connectivity index (χ0v) is 16.1. The second-order valence-electron chi connectivity index (χ2n) is 5.45. The molecule has 3 rings (SSSR count). The Labute approximate surface area is 160 Å². The van der Waals surface area contributed by atoms with E-state index in [9.17, 15) is 0 Å². The Morgan fingerprint density at radius 3 is 2.79 bits per heavy atom. The number of hydrogen-bond donors (Lipinski definition) is 2. The molecule has 0 spiro atoms. The highest BCUT2D eigenvalue weighted by Gasteiger charge is 2.22. The molecular formula is C18H23IN4O. The summed E-state index contributed by atoms with van der Waals surface area (Å²) in [5, 5.41) is 6.61. The van der Waals surface area contributed by atoms with E-state index in [1.54, 1.807) is 6.20 Å². The fourth-order valence-electron chi connectivity index (χ4n) is 2.57. The Morgan fingerprint density at radius 1 is 1.21 bits per heavy atom. The third-order valence-electron chi connectivity index (χ3n) is 3.68. The molecule has 1 atom stereocenters. The maximum Gasteiger partial charge on any atom is 0.191 e. The van der Waals surface area contributed by atoms with Crippen LogP contribution >= 0.6 is 24.0 Å². The molecular weight excluding hydrogens is 415 g/mol. The maximum atomic E-state index is 5.94. The van der Waals surface area contributed by atoms with E-state index in [1.807, 2.05) is 30.3 Å². The third kappa shape index (κ3) is 5.09. The molecule has 0 fully saturated rings. The van der Waals surface area contributed by atoms with Crippen LogP contribution in [0.5, 0.6) is 5.75 Å². The molecule has 5 nitrogen and oxygen atoms in total. The van der Waals surface area contributed by atoms with Crippen molar-refractivity contribution in [3.63, 3.8) is 0 Å². The number of pyridine rings is 1. The van der Waals surface area contributed by atoms with Crippen LogP contribution in [0, 0.1) is 0 Å². The first kappa shape index (κ1) is 18.5. The monoisotopic (exact) mass is 438 g/mol. The molecule has 24 heavy (non-hydrogen) atoms.